The van der Waals surface area contributed by atoms with Crippen molar-refractivity contribution < 1.29 is 14.3 Å². The quantitative estimate of drug-likeness (QED) is 0.395. The number of nitrogens with zero attached hydrogens (tertiary/aromatic N) is 1. The second-order valence-corrected chi connectivity index (χ2v) is 7.63. The highest BCUT2D eigenvalue weighted by molar-refractivity contribution is 7.22. The number of rotatable bonds is 9. The Kier molecular flexibility index (Phi) is 6.87. The van der Waals surface area contributed by atoms with E-state index in [2.05, 4.69) is 24.0 Å². The molecule has 3 aromatic rings. The summed E-state index contributed by atoms with van der Waals surface area (Å²) in [5, 5.41) is 0.565. The first-order valence-electron chi connectivity index (χ1n) is 9.68. The monoisotopic (exact) mass is 398 g/mol. The van der Waals surface area contributed by atoms with Crippen LogP contribution in [-0.2, 0) is 16.0 Å². The molecule has 0 saturated carbocycles. The lowest BCUT2D eigenvalue weighted by Crippen LogP contribution is -2.05. The summed E-state index contributed by atoms with van der Waals surface area (Å²) in [6, 6.07) is 12.2. The van der Waals surface area contributed by atoms with Gasteiger partial charge in [0.15, 0.2) is 5.13 Å². The first kappa shape index (κ1) is 20.1. The van der Waals surface area contributed by atoms with Crippen molar-refractivity contribution in [1.29, 1.82) is 0 Å². The number of nitrogens with two attached hydrogens (primary N) is 1. The van der Waals surface area contributed by atoms with Gasteiger partial charge in [-0.3, -0.25) is 4.79 Å². The van der Waals surface area contributed by atoms with Crippen molar-refractivity contribution in [2.24, 2.45) is 0 Å². The molecule has 0 aliphatic rings. The van der Waals surface area contributed by atoms with Crippen LogP contribution in [0.1, 0.15) is 38.7 Å². The molecule has 0 aliphatic heterocycles. The van der Waals surface area contributed by atoms with Crippen LogP contribution in [0.15, 0.2) is 36.4 Å². The maximum absolute atomic E-state index is 11.7. The van der Waals surface area contributed by atoms with Crippen LogP contribution in [0.2, 0.25) is 0 Å². The summed E-state index contributed by atoms with van der Waals surface area (Å²) < 4.78 is 12.1. The molecule has 6 heteroatoms. The van der Waals surface area contributed by atoms with Crippen LogP contribution < -0.4 is 10.5 Å². The van der Waals surface area contributed by atoms with Crippen molar-refractivity contribution in [2.45, 2.75) is 39.5 Å². The van der Waals surface area contributed by atoms with Crippen LogP contribution in [0, 0.1) is 0 Å². The standard InChI is InChI=1S/C22H26N2O3S/c1-3-5-12-27-19-10-6-15(7-11-21(25)26-4-2)13-17(19)16-8-9-18-20(14-16)28-22(23)24-18/h6,8-10,13-14H,3-5,7,11-12H2,1-2H3,(H2,23,24). The number of aryl methyl sites for hydroxylation is 1. The Hall–Kier alpha value is -2.60. The van der Waals surface area contributed by atoms with E-state index >= 15 is 0 Å². The van der Waals surface area contributed by atoms with Gasteiger partial charge in [0.2, 0.25) is 0 Å². The lowest BCUT2D eigenvalue weighted by atomic mass is 9.99. The third-order valence-electron chi connectivity index (χ3n) is 4.44. The average molecular weight is 399 g/mol. The van der Waals surface area contributed by atoms with Crippen LogP contribution in [0.3, 0.4) is 0 Å². The van der Waals surface area contributed by atoms with Crippen LogP contribution in [0.4, 0.5) is 5.13 Å². The first-order valence-corrected chi connectivity index (χ1v) is 10.5. The summed E-state index contributed by atoms with van der Waals surface area (Å²) in [4.78, 5) is 16.0. The highest BCUT2D eigenvalue weighted by Gasteiger charge is 2.12. The number of aromatic nitrogens is 1. The molecule has 28 heavy (non-hydrogen) atoms. The van der Waals surface area contributed by atoms with E-state index in [9.17, 15) is 4.79 Å². The lowest BCUT2D eigenvalue weighted by Gasteiger charge is -2.14. The maximum Gasteiger partial charge on any atom is 0.306 e. The van der Waals surface area contributed by atoms with Gasteiger partial charge in [0.05, 0.1) is 23.4 Å². The van der Waals surface area contributed by atoms with Gasteiger partial charge in [0.1, 0.15) is 5.75 Å². The van der Waals surface area contributed by atoms with Crippen molar-refractivity contribution in [1.82, 2.24) is 4.98 Å². The van der Waals surface area contributed by atoms with E-state index in [-0.39, 0.29) is 5.97 Å². The van der Waals surface area contributed by atoms with Gasteiger partial charge >= 0.3 is 5.97 Å². The molecule has 0 saturated heterocycles. The Morgan fingerprint density at radius 2 is 2.04 bits per heavy atom. The second kappa shape index (κ2) is 9.55. The fraction of sp³-hybridized carbons (Fsp3) is 0.364. The van der Waals surface area contributed by atoms with Crippen LogP contribution in [0.5, 0.6) is 5.75 Å². The number of anilines is 1. The van der Waals surface area contributed by atoms with Crippen molar-refractivity contribution in [3.05, 3.63) is 42.0 Å². The number of nitrogen functional groups attached to an aromatic ring is 1. The zero-order chi connectivity index (χ0) is 19.9. The number of fused-ring (bicyclic) bond motifs is 1. The molecular weight excluding hydrogens is 372 g/mol. The van der Waals surface area contributed by atoms with Gasteiger partial charge in [0, 0.05) is 12.0 Å². The highest BCUT2D eigenvalue weighted by atomic mass is 32.1. The molecule has 2 aromatic carbocycles. The number of ether oxygens (including phenoxy) is 2. The van der Waals surface area contributed by atoms with E-state index in [0.29, 0.717) is 31.2 Å². The molecule has 0 amide bonds. The van der Waals surface area contributed by atoms with Crippen molar-refractivity contribution >= 4 is 32.7 Å². The fourth-order valence-electron chi connectivity index (χ4n) is 3.00. The van der Waals surface area contributed by atoms with Gasteiger partial charge in [-0.1, -0.05) is 36.8 Å². The Balaban J connectivity index is 1.91. The minimum absolute atomic E-state index is 0.172. The molecule has 0 aliphatic carbocycles. The molecule has 5 nitrogen and oxygen atoms in total. The van der Waals surface area contributed by atoms with Crippen molar-refractivity contribution in [2.75, 3.05) is 18.9 Å². The van der Waals surface area contributed by atoms with E-state index in [1.807, 2.05) is 31.2 Å². The largest absolute Gasteiger partial charge is 0.493 e. The van der Waals surface area contributed by atoms with Gasteiger partial charge in [-0.05, 0) is 55.2 Å². The van der Waals surface area contributed by atoms with E-state index in [1.54, 1.807) is 0 Å². The topological polar surface area (TPSA) is 74.4 Å². The van der Waals surface area contributed by atoms with Crippen molar-refractivity contribution in [3.63, 3.8) is 0 Å². The molecule has 0 bridgehead atoms. The van der Waals surface area contributed by atoms with Crippen molar-refractivity contribution in [3.8, 4) is 16.9 Å². The molecule has 0 radical (unpaired) electrons. The zero-order valence-electron chi connectivity index (χ0n) is 16.4. The van der Waals surface area contributed by atoms with Crippen LogP contribution in [-0.4, -0.2) is 24.2 Å². The normalized spacial score (nSPS) is 10.9. The van der Waals surface area contributed by atoms with Crippen LogP contribution >= 0.6 is 11.3 Å². The number of hydrogen-bond donors (Lipinski definition) is 1. The van der Waals surface area contributed by atoms with E-state index < -0.39 is 0 Å². The number of benzene rings is 2. The van der Waals surface area contributed by atoms with Gasteiger partial charge in [-0.2, -0.15) is 0 Å². The molecule has 0 fully saturated rings. The summed E-state index contributed by atoms with van der Waals surface area (Å²) >= 11 is 1.48. The molecule has 0 unspecified atom stereocenters. The second-order valence-electron chi connectivity index (χ2n) is 6.57. The molecule has 2 N–H and O–H groups in total. The Morgan fingerprint density at radius 3 is 2.82 bits per heavy atom. The Morgan fingerprint density at radius 1 is 1.18 bits per heavy atom. The van der Waals surface area contributed by atoms with E-state index in [4.69, 9.17) is 15.2 Å². The average Bonchev–Trinajstić information content (AvgIpc) is 3.06. The van der Waals surface area contributed by atoms with Gasteiger partial charge in [-0.15, -0.1) is 0 Å². The number of carbonyl (C=O) groups excluding carboxylic acids is 1. The van der Waals surface area contributed by atoms with Gasteiger partial charge in [0.25, 0.3) is 0 Å². The highest BCUT2D eigenvalue weighted by Crippen LogP contribution is 2.35. The number of thiazole rings is 1. The summed E-state index contributed by atoms with van der Waals surface area (Å²) in [5.41, 5.74) is 9.90. The number of unbranched alkanes of at least 4 members (excludes halogenated alkanes) is 1. The molecule has 1 aromatic heterocycles. The molecule has 3 rings (SSSR count). The SMILES string of the molecule is CCCCOc1ccc(CCC(=O)OCC)cc1-c1ccc2nc(N)sc2c1. The molecule has 0 spiro atoms. The van der Waals surface area contributed by atoms with E-state index in [0.717, 1.165) is 45.5 Å². The summed E-state index contributed by atoms with van der Waals surface area (Å²) in [6.07, 6.45) is 3.10. The molecule has 148 valence electrons. The number of esters is 1. The Bertz CT molecular complexity index is 952. The summed E-state index contributed by atoms with van der Waals surface area (Å²) in [7, 11) is 0. The predicted molar refractivity (Wildman–Crippen MR) is 115 cm³/mol. The van der Waals surface area contributed by atoms with Gasteiger partial charge < -0.3 is 15.2 Å². The lowest BCUT2D eigenvalue weighted by molar-refractivity contribution is -0.143. The minimum Gasteiger partial charge on any atom is -0.493 e. The third kappa shape index (κ3) is 5.01. The maximum atomic E-state index is 11.7. The molecular formula is C22H26N2O3S. The Labute approximate surface area is 169 Å². The minimum atomic E-state index is -0.172. The zero-order valence-corrected chi connectivity index (χ0v) is 17.2. The predicted octanol–water partition coefficient (Wildman–Crippen LogP) is 5.22. The molecule has 0 atom stereocenters. The van der Waals surface area contributed by atoms with Gasteiger partial charge in [-0.25, -0.2) is 4.98 Å². The fourth-order valence-corrected chi connectivity index (χ4v) is 3.77. The first-order chi connectivity index (χ1) is 13.6. The number of carbonyl (C=O) groups is 1. The smallest absolute Gasteiger partial charge is 0.306 e. The molecule has 1 heterocycles. The van der Waals surface area contributed by atoms with Crippen LogP contribution in [0.25, 0.3) is 21.3 Å². The summed E-state index contributed by atoms with van der Waals surface area (Å²) in [6.45, 7) is 5.05. The summed E-state index contributed by atoms with van der Waals surface area (Å²) in [5.74, 6) is 0.680. The third-order valence-corrected chi connectivity index (χ3v) is 5.29. The number of hydrogen-bond acceptors (Lipinski definition) is 6. The van der Waals surface area contributed by atoms with E-state index in [1.165, 1.54) is 11.3 Å².